The van der Waals surface area contributed by atoms with Crippen LogP contribution in [0.1, 0.15) is 28.8 Å². The molecule has 1 fully saturated rings. The van der Waals surface area contributed by atoms with Gasteiger partial charge in [0, 0.05) is 10.4 Å². The van der Waals surface area contributed by atoms with Crippen molar-refractivity contribution in [2.75, 3.05) is 0 Å². The van der Waals surface area contributed by atoms with Crippen molar-refractivity contribution in [2.24, 2.45) is 11.7 Å². The Kier molecular flexibility index (Phi) is 3.10. The summed E-state index contributed by atoms with van der Waals surface area (Å²) < 4.78 is 0. The second-order valence-electron chi connectivity index (χ2n) is 4.08. The van der Waals surface area contributed by atoms with Crippen LogP contribution in [-0.4, -0.2) is 10.7 Å². The Morgan fingerprint density at radius 1 is 1.40 bits per heavy atom. The molecule has 80 valence electrons. The minimum atomic E-state index is -0.323. The summed E-state index contributed by atoms with van der Waals surface area (Å²) >= 11 is 3.63. The lowest BCUT2D eigenvalue weighted by Gasteiger charge is -2.32. The zero-order valence-electron chi connectivity index (χ0n) is 8.45. The van der Waals surface area contributed by atoms with Gasteiger partial charge in [-0.05, 0) is 36.8 Å². The Bertz CT molecular complexity index is 378. The minimum Gasteiger partial charge on any atom is -0.366 e. The van der Waals surface area contributed by atoms with Crippen LogP contribution in [-0.2, 0) is 6.42 Å². The maximum atomic E-state index is 11.2. The van der Waals surface area contributed by atoms with Crippen molar-refractivity contribution in [3.05, 3.63) is 35.4 Å². The first kappa shape index (κ1) is 10.7. The van der Waals surface area contributed by atoms with Crippen LogP contribution < -0.4 is 5.73 Å². The molecule has 15 heavy (non-hydrogen) atoms. The van der Waals surface area contributed by atoms with Crippen molar-refractivity contribution in [3.63, 3.8) is 0 Å². The number of primary amides is 1. The molecule has 3 heteroatoms. The van der Waals surface area contributed by atoms with Crippen LogP contribution in [0.5, 0.6) is 0 Å². The van der Waals surface area contributed by atoms with Crippen molar-refractivity contribution in [1.82, 2.24) is 0 Å². The lowest BCUT2D eigenvalue weighted by atomic mass is 9.80. The van der Waals surface area contributed by atoms with Gasteiger partial charge in [-0.2, -0.15) is 0 Å². The van der Waals surface area contributed by atoms with Gasteiger partial charge in [0.15, 0.2) is 0 Å². The van der Waals surface area contributed by atoms with Crippen LogP contribution in [0.3, 0.4) is 0 Å². The van der Waals surface area contributed by atoms with E-state index >= 15 is 0 Å². The number of alkyl halides is 1. The normalized spacial score (nSPS) is 24.6. The first-order valence-corrected chi connectivity index (χ1v) is 6.12. The van der Waals surface area contributed by atoms with Gasteiger partial charge in [-0.25, -0.2) is 0 Å². The molecule has 0 saturated heterocycles. The third kappa shape index (κ3) is 2.23. The van der Waals surface area contributed by atoms with Gasteiger partial charge >= 0.3 is 0 Å². The molecule has 2 unspecified atom stereocenters. The summed E-state index contributed by atoms with van der Waals surface area (Å²) in [5, 5.41) is 0. The molecule has 0 bridgehead atoms. The number of nitrogens with two attached hydrogens (primary N) is 1. The fraction of sp³-hybridized carbons (Fsp3) is 0.417. The predicted octanol–water partition coefficient (Wildman–Crippen LogP) is 2.50. The number of hydrogen-bond acceptors (Lipinski definition) is 1. The van der Waals surface area contributed by atoms with Crippen molar-refractivity contribution >= 4 is 21.8 Å². The van der Waals surface area contributed by atoms with E-state index in [4.69, 9.17) is 5.73 Å². The molecule has 1 aliphatic carbocycles. The van der Waals surface area contributed by atoms with Gasteiger partial charge in [0.05, 0.1) is 0 Å². The quantitative estimate of drug-likeness (QED) is 0.841. The topological polar surface area (TPSA) is 43.1 Å². The second-order valence-corrected chi connectivity index (χ2v) is 5.26. The van der Waals surface area contributed by atoms with Crippen LogP contribution in [0, 0.1) is 5.92 Å². The second kappa shape index (κ2) is 4.35. The van der Waals surface area contributed by atoms with Crippen LogP contribution in [0.4, 0.5) is 0 Å². The van der Waals surface area contributed by atoms with Crippen molar-refractivity contribution in [1.29, 1.82) is 0 Å². The number of amides is 1. The Morgan fingerprint density at radius 3 is 2.67 bits per heavy atom. The average Bonchev–Trinajstić information content (AvgIpc) is 2.24. The van der Waals surface area contributed by atoms with E-state index < -0.39 is 0 Å². The molecule has 0 heterocycles. The van der Waals surface area contributed by atoms with E-state index in [0.29, 0.717) is 16.3 Å². The number of carbonyl (C=O) groups excluding carboxylic acids is 1. The Hall–Kier alpha value is -0.830. The smallest absolute Gasteiger partial charge is 0.248 e. The molecule has 2 N–H and O–H groups in total. The van der Waals surface area contributed by atoms with E-state index in [1.165, 1.54) is 12.8 Å². The zero-order chi connectivity index (χ0) is 10.8. The molecule has 1 aromatic carbocycles. The van der Waals surface area contributed by atoms with Gasteiger partial charge in [-0.1, -0.05) is 34.1 Å². The highest BCUT2D eigenvalue weighted by molar-refractivity contribution is 9.09. The summed E-state index contributed by atoms with van der Waals surface area (Å²) in [6.45, 7) is 0. The molecule has 0 spiro atoms. The largest absolute Gasteiger partial charge is 0.366 e. The number of hydrogen-bond donors (Lipinski definition) is 1. The van der Waals surface area contributed by atoms with Gasteiger partial charge in [-0.3, -0.25) is 4.79 Å². The highest BCUT2D eigenvalue weighted by Crippen LogP contribution is 2.36. The first-order valence-electron chi connectivity index (χ1n) is 5.20. The van der Waals surface area contributed by atoms with Crippen molar-refractivity contribution < 1.29 is 4.79 Å². The maximum Gasteiger partial charge on any atom is 0.248 e. The summed E-state index contributed by atoms with van der Waals surface area (Å²) in [7, 11) is 0. The third-order valence-electron chi connectivity index (χ3n) is 3.09. The molecule has 1 amide bonds. The molecule has 1 aliphatic rings. The number of halogens is 1. The van der Waals surface area contributed by atoms with Gasteiger partial charge in [0.1, 0.15) is 0 Å². The summed E-state index contributed by atoms with van der Waals surface area (Å²) in [6.07, 6.45) is 3.43. The molecule has 1 saturated carbocycles. The number of carbonyl (C=O) groups is 1. The molecule has 2 rings (SSSR count). The predicted molar refractivity (Wildman–Crippen MR) is 64.1 cm³/mol. The molecule has 0 aliphatic heterocycles. The standard InChI is InChI=1S/C12H14BrNO/c13-11-6-5-9(11)7-8-3-1-2-4-10(8)12(14)15/h1-4,9,11H,5-7H2,(H2,14,15). The monoisotopic (exact) mass is 267 g/mol. The van der Waals surface area contributed by atoms with Crippen LogP contribution >= 0.6 is 15.9 Å². The Morgan fingerprint density at radius 2 is 2.13 bits per heavy atom. The number of rotatable bonds is 3. The van der Waals surface area contributed by atoms with E-state index in [0.717, 1.165) is 12.0 Å². The highest BCUT2D eigenvalue weighted by Gasteiger charge is 2.29. The third-order valence-corrected chi connectivity index (χ3v) is 4.30. The van der Waals surface area contributed by atoms with Gasteiger partial charge in [0.2, 0.25) is 5.91 Å². The zero-order valence-corrected chi connectivity index (χ0v) is 10.0. The van der Waals surface area contributed by atoms with Gasteiger partial charge in [-0.15, -0.1) is 0 Å². The molecule has 2 nitrogen and oxygen atoms in total. The average molecular weight is 268 g/mol. The van der Waals surface area contributed by atoms with E-state index in [2.05, 4.69) is 15.9 Å². The minimum absolute atomic E-state index is 0.323. The lowest BCUT2D eigenvalue weighted by Crippen LogP contribution is -2.28. The molecule has 1 aromatic rings. The summed E-state index contributed by atoms with van der Waals surface area (Å²) in [5.41, 5.74) is 7.09. The van der Waals surface area contributed by atoms with Crippen molar-refractivity contribution in [2.45, 2.75) is 24.1 Å². The van der Waals surface area contributed by atoms with Crippen LogP contribution in [0.15, 0.2) is 24.3 Å². The fourth-order valence-electron chi connectivity index (χ4n) is 1.98. The maximum absolute atomic E-state index is 11.2. The van der Waals surface area contributed by atoms with E-state index in [9.17, 15) is 4.79 Å². The highest BCUT2D eigenvalue weighted by atomic mass is 79.9. The van der Waals surface area contributed by atoms with Crippen molar-refractivity contribution in [3.8, 4) is 0 Å². The molecular weight excluding hydrogens is 254 g/mol. The van der Waals surface area contributed by atoms with Gasteiger partial charge < -0.3 is 5.73 Å². The van der Waals surface area contributed by atoms with Crippen LogP contribution in [0.2, 0.25) is 0 Å². The number of benzene rings is 1. The molecule has 0 radical (unpaired) electrons. The van der Waals surface area contributed by atoms with Gasteiger partial charge in [0.25, 0.3) is 0 Å². The molecular formula is C12H14BrNO. The summed E-state index contributed by atoms with van der Waals surface area (Å²) in [5.74, 6) is 0.335. The lowest BCUT2D eigenvalue weighted by molar-refractivity contribution is 0.0999. The Balaban J connectivity index is 2.16. The summed E-state index contributed by atoms with van der Waals surface area (Å²) in [4.78, 5) is 11.8. The van der Waals surface area contributed by atoms with E-state index in [1.54, 1.807) is 6.07 Å². The Labute approximate surface area is 98.0 Å². The van der Waals surface area contributed by atoms with Crippen LogP contribution in [0.25, 0.3) is 0 Å². The fourth-order valence-corrected chi connectivity index (χ4v) is 2.70. The molecule has 0 aromatic heterocycles. The first-order chi connectivity index (χ1) is 7.18. The van der Waals surface area contributed by atoms with E-state index in [1.807, 2.05) is 18.2 Å². The SMILES string of the molecule is NC(=O)c1ccccc1CC1CCC1Br. The van der Waals surface area contributed by atoms with E-state index in [-0.39, 0.29) is 5.91 Å². The molecule has 2 atom stereocenters. The summed E-state index contributed by atoms with van der Waals surface area (Å²) in [6, 6.07) is 7.62.